The van der Waals surface area contributed by atoms with Crippen molar-refractivity contribution < 1.29 is 4.79 Å². The van der Waals surface area contributed by atoms with Crippen LogP contribution in [0.2, 0.25) is 5.02 Å². The Hall–Kier alpha value is -1.60. The number of benzene rings is 1. The van der Waals surface area contributed by atoms with Crippen molar-refractivity contribution in [3.05, 3.63) is 34.9 Å². The van der Waals surface area contributed by atoms with Gasteiger partial charge >= 0.3 is 0 Å². The molecule has 0 saturated carbocycles. The summed E-state index contributed by atoms with van der Waals surface area (Å²) in [6, 6.07) is 7.71. The fourth-order valence-corrected chi connectivity index (χ4v) is 2.97. The third-order valence-corrected chi connectivity index (χ3v) is 4.41. The molecule has 1 N–H and O–H groups in total. The summed E-state index contributed by atoms with van der Waals surface area (Å²) >= 11 is 7.58. The van der Waals surface area contributed by atoms with Gasteiger partial charge in [0.15, 0.2) is 0 Å². The smallest absolute Gasteiger partial charge is 0.221 e. The molecule has 2 rings (SSSR count). The molecule has 1 heterocycles. The molecule has 1 aromatic carbocycles. The summed E-state index contributed by atoms with van der Waals surface area (Å²) in [5.74, 6) is 0.654. The number of tetrazole rings is 1. The first-order valence-corrected chi connectivity index (χ1v) is 8.30. The minimum atomic E-state index is 0.0159. The van der Waals surface area contributed by atoms with Crippen molar-refractivity contribution in [2.24, 2.45) is 7.05 Å². The molecule has 0 spiro atoms. The normalized spacial score (nSPS) is 12.1. The molecule has 0 aliphatic rings. The van der Waals surface area contributed by atoms with Gasteiger partial charge in [-0.2, -0.15) is 0 Å². The maximum Gasteiger partial charge on any atom is 0.221 e. The lowest BCUT2D eigenvalue weighted by atomic mass is 10.1. The van der Waals surface area contributed by atoms with Gasteiger partial charge in [0.2, 0.25) is 11.1 Å². The lowest BCUT2D eigenvalue weighted by molar-refractivity contribution is -0.121. The molecule has 0 saturated heterocycles. The number of carbonyl (C=O) groups excluding carboxylic acids is 1. The monoisotopic (exact) mass is 339 g/mol. The van der Waals surface area contributed by atoms with Gasteiger partial charge in [0.05, 0.1) is 0 Å². The van der Waals surface area contributed by atoms with E-state index in [-0.39, 0.29) is 11.9 Å². The third-order valence-electron chi connectivity index (χ3n) is 3.03. The number of aryl methyl sites for hydroxylation is 1. The molecule has 0 unspecified atom stereocenters. The van der Waals surface area contributed by atoms with Gasteiger partial charge in [-0.05, 0) is 35.4 Å². The van der Waals surface area contributed by atoms with Crippen molar-refractivity contribution in [3.63, 3.8) is 0 Å². The van der Waals surface area contributed by atoms with Crippen LogP contribution in [-0.4, -0.2) is 37.9 Å². The van der Waals surface area contributed by atoms with E-state index < -0.39 is 0 Å². The molecule has 22 heavy (non-hydrogen) atoms. The van der Waals surface area contributed by atoms with E-state index in [9.17, 15) is 4.79 Å². The van der Waals surface area contributed by atoms with E-state index in [0.29, 0.717) is 23.8 Å². The minimum absolute atomic E-state index is 0.0159. The van der Waals surface area contributed by atoms with Crippen molar-refractivity contribution in [1.82, 2.24) is 25.5 Å². The molecule has 0 fully saturated rings. The van der Waals surface area contributed by atoms with E-state index in [1.807, 2.05) is 31.2 Å². The Kier molecular flexibility index (Phi) is 6.21. The number of carbonyl (C=O) groups is 1. The average Bonchev–Trinajstić information content (AvgIpc) is 2.87. The standard InChI is InChI=1S/C14H18ClN5OS/c1-10(9-11-5-3-4-6-12(11)15)16-13(21)7-8-22-14-17-18-19-20(14)2/h3-6,10H,7-9H2,1-2H3,(H,16,21)/t10-/m1/s1. The summed E-state index contributed by atoms with van der Waals surface area (Å²) in [5, 5.41) is 15.6. The zero-order valence-corrected chi connectivity index (χ0v) is 14.1. The van der Waals surface area contributed by atoms with E-state index in [1.165, 1.54) is 11.8 Å². The number of thioether (sulfide) groups is 1. The molecule has 6 nitrogen and oxygen atoms in total. The Morgan fingerprint density at radius 2 is 2.23 bits per heavy atom. The van der Waals surface area contributed by atoms with Crippen molar-refractivity contribution in [2.45, 2.75) is 31.0 Å². The second-order valence-electron chi connectivity index (χ2n) is 4.95. The Bertz CT molecular complexity index is 633. The van der Waals surface area contributed by atoms with Crippen molar-refractivity contribution in [2.75, 3.05) is 5.75 Å². The quantitative estimate of drug-likeness (QED) is 0.782. The van der Waals surface area contributed by atoms with E-state index in [2.05, 4.69) is 20.8 Å². The van der Waals surface area contributed by atoms with Gasteiger partial charge in [-0.15, -0.1) is 5.10 Å². The number of amides is 1. The average molecular weight is 340 g/mol. The van der Waals surface area contributed by atoms with Gasteiger partial charge in [0.1, 0.15) is 0 Å². The molecule has 0 aliphatic heterocycles. The third kappa shape index (κ3) is 4.99. The molecule has 0 aliphatic carbocycles. The van der Waals surface area contributed by atoms with Crippen molar-refractivity contribution in [3.8, 4) is 0 Å². The number of hydrogen-bond acceptors (Lipinski definition) is 5. The summed E-state index contributed by atoms with van der Waals surface area (Å²) < 4.78 is 1.59. The highest BCUT2D eigenvalue weighted by Crippen LogP contribution is 2.17. The number of hydrogen-bond donors (Lipinski definition) is 1. The highest BCUT2D eigenvalue weighted by Gasteiger charge is 2.11. The molecule has 118 valence electrons. The van der Waals surface area contributed by atoms with Gasteiger partial charge in [0.25, 0.3) is 0 Å². The summed E-state index contributed by atoms with van der Waals surface area (Å²) in [7, 11) is 1.77. The Morgan fingerprint density at radius 3 is 2.91 bits per heavy atom. The lowest BCUT2D eigenvalue weighted by Gasteiger charge is -2.14. The van der Waals surface area contributed by atoms with Crippen molar-refractivity contribution >= 4 is 29.3 Å². The molecule has 8 heteroatoms. The van der Waals surface area contributed by atoms with Crippen LogP contribution in [-0.2, 0) is 18.3 Å². The highest BCUT2D eigenvalue weighted by molar-refractivity contribution is 7.99. The number of rotatable bonds is 7. The summed E-state index contributed by atoms with van der Waals surface area (Å²) in [6.07, 6.45) is 1.14. The predicted molar refractivity (Wildman–Crippen MR) is 86.9 cm³/mol. The molecular weight excluding hydrogens is 322 g/mol. The van der Waals surface area contributed by atoms with Crippen LogP contribution in [0, 0.1) is 0 Å². The second kappa shape index (κ2) is 8.14. The first-order chi connectivity index (χ1) is 10.6. The number of halogens is 1. The first-order valence-electron chi connectivity index (χ1n) is 6.94. The van der Waals surface area contributed by atoms with E-state index >= 15 is 0 Å². The fourth-order valence-electron chi connectivity index (χ4n) is 1.97. The molecular formula is C14H18ClN5OS. The van der Waals surface area contributed by atoms with Crippen LogP contribution in [0.4, 0.5) is 0 Å². The zero-order chi connectivity index (χ0) is 15.9. The number of nitrogens with one attached hydrogen (secondary N) is 1. The van der Waals surface area contributed by atoms with Gasteiger partial charge in [0, 0.05) is 30.3 Å². The molecule has 1 atom stereocenters. The van der Waals surface area contributed by atoms with Gasteiger partial charge in [-0.1, -0.05) is 41.6 Å². The van der Waals surface area contributed by atoms with Crippen LogP contribution in [0.25, 0.3) is 0 Å². The molecule has 2 aromatic rings. The molecule has 1 amide bonds. The number of nitrogens with zero attached hydrogens (tertiary/aromatic N) is 4. The highest BCUT2D eigenvalue weighted by atomic mass is 35.5. The van der Waals surface area contributed by atoms with Gasteiger partial charge in [-0.25, -0.2) is 4.68 Å². The Labute approximate surface area is 138 Å². The van der Waals surface area contributed by atoms with E-state index in [4.69, 9.17) is 11.6 Å². The second-order valence-corrected chi connectivity index (χ2v) is 6.42. The molecule has 0 radical (unpaired) electrons. The largest absolute Gasteiger partial charge is 0.353 e. The van der Waals surface area contributed by atoms with Crippen LogP contribution in [0.15, 0.2) is 29.4 Å². The summed E-state index contributed by atoms with van der Waals surface area (Å²) in [4.78, 5) is 11.9. The maximum atomic E-state index is 11.9. The van der Waals surface area contributed by atoms with E-state index in [1.54, 1.807) is 11.7 Å². The van der Waals surface area contributed by atoms with Crippen LogP contribution < -0.4 is 5.32 Å². The van der Waals surface area contributed by atoms with Crippen LogP contribution >= 0.6 is 23.4 Å². The molecule has 0 bridgehead atoms. The summed E-state index contributed by atoms with van der Waals surface area (Å²) in [5.41, 5.74) is 1.04. The molecule has 1 aromatic heterocycles. The lowest BCUT2D eigenvalue weighted by Crippen LogP contribution is -2.34. The van der Waals surface area contributed by atoms with Gasteiger partial charge < -0.3 is 5.32 Å². The van der Waals surface area contributed by atoms with Gasteiger partial charge in [-0.3, -0.25) is 4.79 Å². The van der Waals surface area contributed by atoms with E-state index in [0.717, 1.165) is 10.6 Å². The van der Waals surface area contributed by atoms with Crippen molar-refractivity contribution in [1.29, 1.82) is 0 Å². The van der Waals surface area contributed by atoms with Crippen LogP contribution in [0.1, 0.15) is 18.9 Å². The maximum absolute atomic E-state index is 11.9. The summed E-state index contributed by atoms with van der Waals surface area (Å²) in [6.45, 7) is 1.97. The topological polar surface area (TPSA) is 72.7 Å². The predicted octanol–water partition coefficient (Wildman–Crippen LogP) is 2.09. The Balaban J connectivity index is 1.72. The zero-order valence-electron chi connectivity index (χ0n) is 12.5. The number of aromatic nitrogens is 4. The van der Waals surface area contributed by atoms with Crippen LogP contribution in [0.5, 0.6) is 0 Å². The van der Waals surface area contributed by atoms with Crippen LogP contribution in [0.3, 0.4) is 0 Å². The fraction of sp³-hybridized carbons (Fsp3) is 0.429. The Morgan fingerprint density at radius 1 is 1.45 bits per heavy atom. The minimum Gasteiger partial charge on any atom is -0.353 e. The SMILES string of the molecule is C[C@H](Cc1ccccc1Cl)NC(=O)CCSc1nnnn1C. The first kappa shape index (κ1) is 16.8.